The van der Waals surface area contributed by atoms with Crippen molar-refractivity contribution in [3.63, 3.8) is 0 Å². The lowest BCUT2D eigenvalue weighted by molar-refractivity contribution is 0.148. The maximum atomic E-state index is 5.35. The van der Waals surface area contributed by atoms with Crippen LogP contribution in [0.4, 0.5) is 0 Å². The average molecular weight is 355 g/mol. The highest BCUT2D eigenvalue weighted by Gasteiger charge is 2.32. The van der Waals surface area contributed by atoms with E-state index < -0.39 is 0 Å². The largest absolute Gasteiger partial charge is 0.497 e. The van der Waals surface area contributed by atoms with Gasteiger partial charge in [-0.3, -0.25) is 4.90 Å². The maximum Gasteiger partial charge on any atom is 0.173 e. The molecule has 0 spiro atoms. The van der Waals surface area contributed by atoms with Crippen molar-refractivity contribution >= 4 is 0 Å². The number of rotatable bonds is 5. The molecule has 0 N–H and O–H groups in total. The number of likely N-dealkylation sites (tertiary alicyclic amines) is 1. The van der Waals surface area contributed by atoms with Gasteiger partial charge in [0.05, 0.1) is 19.2 Å². The smallest absolute Gasteiger partial charge is 0.173 e. The van der Waals surface area contributed by atoms with Crippen molar-refractivity contribution in [3.8, 4) is 5.75 Å². The number of piperidine rings is 1. The minimum atomic E-state index is 0.115. The summed E-state index contributed by atoms with van der Waals surface area (Å²) < 4.78 is 7.46. The third kappa shape index (κ3) is 3.47. The van der Waals surface area contributed by atoms with E-state index in [2.05, 4.69) is 44.2 Å². The van der Waals surface area contributed by atoms with E-state index in [1.807, 2.05) is 12.1 Å². The number of nitrogens with zero attached hydrogens (tertiary/aromatic N) is 5. The quantitative estimate of drug-likeness (QED) is 0.820. The van der Waals surface area contributed by atoms with E-state index in [0.717, 1.165) is 30.6 Å². The van der Waals surface area contributed by atoms with Gasteiger partial charge in [0.15, 0.2) is 5.82 Å². The van der Waals surface area contributed by atoms with Crippen LogP contribution in [0.3, 0.4) is 0 Å². The van der Waals surface area contributed by atoms with Gasteiger partial charge in [-0.15, -0.1) is 5.10 Å². The molecule has 6 heteroatoms. The fourth-order valence-electron chi connectivity index (χ4n) is 4.39. The van der Waals surface area contributed by atoms with Crippen LogP contribution in [0.25, 0.3) is 0 Å². The lowest BCUT2D eigenvalue weighted by Gasteiger charge is -2.36. The fraction of sp³-hybridized carbons (Fsp3) is 0.650. The summed E-state index contributed by atoms with van der Waals surface area (Å²) in [6.07, 6.45) is 7.39. The van der Waals surface area contributed by atoms with E-state index in [-0.39, 0.29) is 6.04 Å². The van der Waals surface area contributed by atoms with Gasteiger partial charge in [0.2, 0.25) is 0 Å². The molecular formula is C20H29N5O. The van der Waals surface area contributed by atoms with Crippen molar-refractivity contribution < 1.29 is 4.74 Å². The molecule has 1 saturated heterocycles. The molecule has 0 amide bonds. The van der Waals surface area contributed by atoms with E-state index in [0.29, 0.717) is 6.04 Å². The van der Waals surface area contributed by atoms with Crippen LogP contribution in [0.5, 0.6) is 5.75 Å². The van der Waals surface area contributed by atoms with Crippen LogP contribution in [-0.2, 0) is 0 Å². The van der Waals surface area contributed by atoms with Crippen LogP contribution in [-0.4, -0.2) is 45.3 Å². The van der Waals surface area contributed by atoms with Crippen molar-refractivity contribution in [3.05, 3.63) is 35.7 Å². The molecule has 140 valence electrons. The molecule has 2 fully saturated rings. The summed E-state index contributed by atoms with van der Waals surface area (Å²) >= 11 is 0. The molecule has 2 aliphatic rings. The fourth-order valence-corrected chi connectivity index (χ4v) is 4.39. The predicted octanol–water partition coefficient (Wildman–Crippen LogP) is 3.62. The minimum Gasteiger partial charge on any atom is -0.497 e. The number of tetrazole rings is 1. The molecule has 2 heterocycles. The number of hydrogen-bond donors (Lipinski definition) is 0. The summed E-state index contributed by atoms with van der Waals surface area (Å²) in [4.78, 5) is 2.55. The van der Waals surface area contributed by atoms with Gasteiger partial charge >= 0.3 is 0 Å². The molecule has 1 aromatic carbocycles. The Morgan fingerprint density at radius 3 is 2.38 bits per heavy atom. The zero-order valence-corrected chi connectivity index (χ0v) is 15.8. The van der Waals surface area contributed by atoms with Crippen molar-refractivity contribution in [2.75, 3.05) is 20.2 Å². The van der Waals surface area contributed by atoms with Crippen molar-refractivity contribution in [2.24, 2.45) is 5.92 Å². The number of benzene rings is 1. The number of hydrogen-bond acceptors (Lipinski definition) is 5. The first-order valence-corrected chi connectivity index (χ1v) is 9.92. The Morgan fingerprint density at radius 2 is 1.73 bits per heavy atom. The SMILES string of the molecule is COc1ccc([C@H](c2nnnn2C2CCCC2)N2CCC(C)CC2)cc1. The zero-order chi connectivity index (χ0) is 17.9. The van der Waals surface area contributed by atoms with Crippen LogP contribution in [0.2, 0.25) is 0 Å². The molecule has 1 aromatic heterocycles. The van der Waals surface area contributed by atoms with E-state index in [1.54, 1.807) is 7.11 Å². The monoisotopic (exact) mass is 355 g/mol. The highest BCUT2D eigenvalue weighted by atomic mass is 16.5. The molecule has 1 saturated carbocycles. The second-order valence-corrected chi connectivity index (χ2v) is 7.81. The normalized spacial score (nSPS) is 21.2. The van der Waals surface area contributed by atoms with Crippen molar-refractivity contribution in [1.82, 2.24) is 25.1 Å². The summed E-state index contributed by atoms with van der Waals surface area (Å²) in [5, 5.41) is 13.0. The zero-order valence-electron chi connectivity index (χ0n) is 15.8. The Hall–Kier alpha value is -1.95. The summed E-state index contributed by atoms with van der Waals surface area (Å²) in [6, 6.07) is 8.97. The highest BCUT2D eigenvalue weighted by Crippen LogP contribution is 2.36. The van der Waals surface area contributed by atoms with Gasteiger partial charge in [-0.1, -0.05) is 31.9 Å². The van der Waals surface area contributed by atoms with Gasteiger partial charge < -0.3 is 4.74 Å². The standard InChI is InChI=1S/C20H29N5O/c1-15-11-13-24(14-12-15)19(16-7-9-18(26-2)10-8-16)20-21-22-23-25(20)17-5-3-4-6-17/h7-10,15,17,19H,3-6,11-14H2,1-2H3/t19-/m1/s1. The first kappa shape index (κ1) is 17.5. The Kier molecular flexibility index (Phi) is 5.20. The molecule has 0 unspecified atom stereocenters. The molecule has 2 aromatic rings. The number of aromatic nitrogens is 4. The first-order chi connectivity index (χ1) is 12.8. The minimum absolute atomic E-state index is 0.115. The Morgan fingerprint density at radius 1 is 1.04 bits per heavy atom. The van der Waals surface area contributed by atoms with Crippen molar-refractivity contribution in [2.45, 2.75) is 57.5 Å². The lowest BCUT2D eigenvalue weighted by atomic mass is 9.95. The Balaban J connectivity index is 1.69. The highest BCUT2D eigenvalue weighted by molar-refractivity contribution is 5.32. The molecule has 1 atom stereocenters. The average Bonchev–Trinajstić information content (AvgIpc) is 3.35. The van der Waals surface area contributed by atoms with Gasteiger partial charge in [-0.05, 0) is 72.8 Å². The van der Waals surface area contributed by atoms with Crippen LogP contribution < -0.4 is 4.74 Å². The van der Waals surface area contributed by atoms with Gasteiger partial charge in [-0.2, -0.15) is 0 Å². The van der Waals surface area contributed by atoms with Crippen LogP contribution in [0.1, 0.15) is 68.9 Å². The first-order valence-electron chi connectivity index (χ1n) is 9.92. The molecule has 1 aliphatic heterocycles. The van der Waals surface area contributed by atoms with E-state index in [1.165, 1.54) is 44.1 Å². The molecule has 4 rings (SSSR count). The van der Waals surface area contributed by atoms with Crippen molar-refractivity contribution in [1.29, 1.82) is 0 Å². The molecule has 26 heavy (non-hydrogen) atoms. The van der Waals surface area contributed by atoms with E-state index in [9.17, 15) is 0 Å². The van der Waals surface area contributed by atoms with Gasteiger partial charge in [-0.25, -0.2) is 4.68 Å². The predicted molar refractivity (Wildman–Crippen MR) is 100 cm³/mol. The molecule has 0 bridgehead atoms. The number of methoxy groups -OCH3 is 1. The van der Waals surface area contributed by atoms with E-state index >= 15 is 0 Å². The molecular weight excluding hydrogens is 326 g/mol. The molecule has 1 aliphatic carbocycles. The van der Waals surface area contributed by atoms with Gasteiger partial charge in [0.1, 0.15) is 5.75 Å². The van der Waals surface area contributed by atoms with Gasteiger partial charge in [0, 0.05) is 0 Å². The second kappa shape index (κ2) is 7.74. The topological polar surface area (TPSA) is 56.1 Å². The van der Waals surface area contributed by atoms with Crippen LogP contribution in [0.15, 0.2) is 24.3 Å². The Labute approximate surface area is 155 Å². The van der Waals surface area contributed by atoms with Gasteiger partial charge in [0.25, 0.3) is 0 Å². The third-order valence-electron chi connectivity index (χ3n) is 6.05. The van der Waals surface area contributed by atoms with Crippen LogP contribution in [0, 0.1) is 5.92 Å². The number of ether oxygens (including phenoxy) is 1. The molecule has 0 radical (unpaired) electrons. The van der Waals surface area contributed by atoms with E-state index in [4.69, 9.17) is 4.74 Å². The summed E-state index contributed by atoms with van der Waals surface area (Å²) in [5.74, 6) is 2.68. The van der Waals surface area contributed by atoms with Crippen LogP contribution >= 0.6 is 0 Å². The lowest BCUT2D eigenvalue weighted by Crippen LogP contribution is -2.38. The summed E-state index contributed by atoms with van der Waals surface area (Å²) in [5.41, 5.74) is 1.24. The summed E-state index contributed by atoms with van der Waals surface area (Å²) in [7, 11) is 1.71. The molecule has 6 nitrogen and oxygen atoms in total. The second-order valence-electron chi connectivity index (χ2n) is 7.81. The third-order valence-corrected chi connectivity index (χ3v) is 6.05. The summed E-state index contributed by atoms with van der Waals surface area (Å²) in [6.45, 7) is 4.53. The maximum absolute atomic E-state index is 5.35. The Bertz CT molecular complexity index is 699.